The molecule has 2 rings (SSSR count). The minimum atomic E-state index is 0.540. The Balaban J connectivity index is 2.09. The number of hydrogen-bond donors (Lipinski definition) is 1. The van der Waals surface area contributed by atoms with Crippen LogP contribution in [0.2, 0.25) is 0 Å². The lowest BCUT2D eigenvalue weighted by Crippen LogP contribution is -2.42. The maximum absolute atomic E-state index is 5.46. The molecule has 106 valence electrons. The van der Waals surface area contributed by atoms with Crippen LogP contribution < -0.4 is 15.0 Å². The summed E-state index contributed by atoms with van der Waals surface area (Å²) in [5.74, 6) is 1.48. The van der Waals surface area contributed by atoms with Gasteiger partial charge in [0.05, 0.1) is 6.61 Å². The van der Waals surface area contributed by atoms with E-state index in [1.54, 1.807) is 6.20 Å². The van der Waals surface area contributed by atoms with Crippen LogP contribution in [-0.4, -0.2) is 42.8 Å². The van der Waals surface area contributed by atoms with Crippen molar-refractivity contribution in [3.05, 3.63) is 12.3 Å². The number of piperidine rings is 1. The van der Waals surface area contributed by atoms with Crippen LogP contribution in [-0.2, 0) is 0 Å². The second-order valence-corrected chi connectivity index (χ2v) is 4.86. The number of hydrogen-bond acceptors (Lipinski definition) is 5. The number of nitrogens with zero attached hydrogens (tertiary/aromatic N) is 3. The van der Waals surface area contributed by atoms with Crippen LogP contribution in [0.5, 0.6) is 5.88 Å². The average molecular weight is 264 g/mol. The smallest absolute Gasteiger partial charge is 0.228 e. The molecule has 0 amide bonds. The Morgan fingerprint density at radius 1 is 1.47 bits per heavy atom. The van der Waals surface area contributed by atoms with Gasteiger partial charge in [-0.15, -0.1) is 0 Å². The normalized spacial score (nSPS) is 19.5. The van der Waals surface area contributed by atoms with Gasteiger partial charge in [0.2, 0.25) is 11.8 Å². The van der Waals surface area contributed by atoms with Crippen LogP contribution >= 0.6 is 0 Å². The molecule has 1 N–H and O–H groups in total. The highest BCUT2D eigenvalue weighted by molar-refractivity contribution is 5.34. The molecule has 1 fully saturated rings. The number of nitrogens with one attached hydrogen (secondary N) is 1. The van der Waals surface area contributed by atoms with E-state index in [0.29, 0.717) is 18.5 Å². The molecule has 1 unspecified atom stereocenters. The summed E-state index contributed by atoms with van der Waals surface area (Å²) in [4.78, 5) is 11.3. The molecule has 1 aliphatic heterocycles. The Hall–Kier alpha value is -1.36. The fraction of sp³-hybridized carbons (Fsp3) is 0.714. The van der Waals surface area contributed by atoms with E-state index >= 15 is 0 Å². The van der Waals surface area contributed by atoms with Crippen LogP contribution in [0.3, 0.4) is 0 Å². The van der Waals surface area contributed by atoms with Crippen molar-refractivity contribution >= 4 is 5.95 Å². The molecular weight excluding hydrogens is 240 g/mol. The van der Waals surface area contributed by atoms with Gasteiger partial charge in [-0.3, -0.25) is 0 Å². The van der Waals surface area contributed by atoms with Gasteiger partial charge in [0.1, 0.15) is 0 Å². The molecule has 1 aromatic heterocycles. The molecule has 0 saturated carbocycles. The lowest BCUT2D eigenvalue weighted by molar-refractivity contribution is 0.325. The third-order valence-electron chi connectivity index (χ3n) is 3.52. The average Bonchev–Trinajstić information content (AvgIpc) is 2.46. The lowest BCUT2D eigenvalue weighted by atomic mass is 10.00. The number of rotatable bonds is 6. The largest absolute Gasteiger partial charge is 0.478 e. The molecular formula is C14H24N4O. The first kappa shape index (κ1) is 14.1. The molecule has 0 radical (unpaired) electrons. The Bertz CT molecular complexity index is 385. The molecule has 19 heavy (non-hydrogen) atoms. The first-order valence-corrected chi connectivity index (χ1v) is 7.22. The quantitative estimate of drug-likeness (QED) is 0.849. The Morgan fingerprint density at radius 3 is 3.16 bits per heavy atom. The summed E-state index contributed by atoms with van der Waals surface area (Å²) in [7, 11) is 2.00. The molecule has 0 aromatic carbocycles. The fourth-order valence-corrected chi connectivity index (χ4v) is 2.57. The molecule has 1 aromatic rings. The predicted octanol–water partition coefficient (Wildman–Crippen LogP) is 1.84. The first-order chi connectivity index (χ1) is 9.35. The highest BCUT2D eigenvalue weighted by Gasteiger charge is 2.24. The van der Waals surface area contributed by atoms with Gasteiger partial charge in [-0.05, 0) is 46.2 Å². The minimum Gasteiger partial charge on any atom is -0.478 e. The van der Waals surface area contributed by atoms with Crippen molar-refractivity contribution in [3.8, 4) is 5.88 Å². The maximum Gasteiger partial charge on any atom is 0.228 e. The highest BCUT2D eigenvalue weighted by Crippen LogP contribution is 2.24. The zero-order valence-electron chi connectivity index (χ0n) is 11.9. The number of aromatic nitrogens is 2. The molecule has 1 aliphatic rings. The van der Waals surface area contributed by atoms with Crippen LogP contribution in [0.15, 0.2) is 12.3 Å². The van der Waals surface area contributed by atoms with E-state index in [1.807, 2.05) is 20.0 Å². The summed E-state index contributed by atoms with van der Waals surface area (Å²) in [5.41, 5.74) is 0. The Labute approximate surface area is 115 Å². The topological polar surface area (TPSA) is 50.3 Å². The van der Waals surface area contributed by atoms with Gasteiger partial charge in [-0.2, -0.15) is 4.98 Å². The van der Waals surface area contributed by atoms with E-state index in [-0.39, 0.29) is 0 Å². The molecule has 2 heterocycles. The van der Waals surface area contributed by atoms with E-state index in [2.05, 4.69) is 20.2 Å². The van der Waals surface area contributed by atoms with E-state index in [4.69, 9.17) is 4.74 Å². The molecule has 1 atom stereocenters. The second kappa shape index (κ2) is 7.28. The predicted molar refractivity (Wildman–Crippen MR) is 76.7 cm³/mol. The van der Waals surface area contributed by atoms with Crippen molar-refractivity contribution in [2.45, 2.75) is 38.6 Å². The Morgan fingerprint density at radius 2 is 2.37 bits per heavy atom. The third kappa shape index (κ3) is 3.80. The van der Waals surface area contributed by atoms with Crippen molar-refractivity contribution in [1.82, 2.24) is 15.3 Å². The van der Waals surface area contributed by atoms with Gasteiger partial charge >= 0.3 is 0 Å². The van der Waals surface area contributed by atoms with Gasteiger partial charge < -0.3 is 15.0 Å². The summed E-state index contributed by atoms with van der Waals surface area (Å²) in [6, 6.07) is 2.36. The van der Waals surface area contributed by atoms with Crippen LogP contribution in [0.1, 0.15) is 32.6 Å². The zero-order chi connectivity index (χ0) is 13.5. The highest BCUT2D eigenvalue weighted by atomic mass is 16.5. The monoisotopic (exact) mass is 264 g/mol. The molecule has 1 saturated heterocycles. The Kier molecular flexibility index (Phi) is 5.39. The van der Waals surface area contributed by atoms with Crippen molar-refractivity contribution in [2.24, 2.45) is 0 Å². The number of anilines is 1. The van der Waals surface area contributed by atoms with Crippen LogP contribution in [0, 0.1) is 0 Å². The minimum absolute atomic E-state index is 0.540. The van der Waals surface area contributed by atoms with E-state index in [9.17, 15) is 0 Å². The van der Waals surface area contributed by atoms with Crippen molar-refractivity contribution in [3.63, 3.8) is 0 Å². The maximum atomic E-state index is 5.46. The van der Waals surface area contributed by atoms with Crippen molar-refractivity contribution in [2.75, 3.05) is 31.6 Å². The molecule has 0 spiro atoms. The van der Waals surface area contributed by atoms with E-state index in [1.165, 1.54) is 19.3 Å². The zero-order valence-corrected chi connectivity index (χ0v) is 11.9. The van der Waals surface area contributed by atoms with Crippen molar-refractivity contribution < 1.29 is 4.74 Å². The molecule has 5 nitrogen and oxygen atoms in total. The van der Waals surface area contributed by atoms with Gasteiger partial charge in [0.25, 0.3) is 0 Å². The van der Waals surface area contributed by atoms with Gasteiger partial charge in [0, 0.05) is 24.8 Å². The summed E-state index contributed by atoms with van der Waals surface area (Å²) < 4.78 is 5.46. The summed E-state index contributed by atoms with van der Waals surface area (Å²) in [6.07, 6.45) is 6.67. The summed E-state index contributed by atoms with van der Waals surface area (Å²) >= 11 is 0. The summed E-state index contributed by atoms with van der Waals surface area (Å²) in [6.45, 7) is 4.69. The van der Waals surface area contributed by atoms with Crippen LogP contribution in [0.4, 0.5) is 5.95 Å². The van der Waals surface area contributed by atoms with Gasteiger partial charge in [-0.25, -0.2) is 4.98 Å². The first-order valence-electron chi connectivity index (χ1n) is 7.22. The number of ether oxygens (including phenoxy) is 1. The van der Waals surface area contributed by atoms with Gasteiger partial charge in [-0.1, -0.05) is 0 Å². The lowest BCUT2D eigenvalue weighted by Gasteiger charge is -2.35. The van der Waals surface area contributed by atoms with E-state index < -0.39 is 0 Å². The molecule has 5 heteroatoms. The van der Waals surface area contributed by atoms with Crippen molar-refractivity contribution in [1.29, 1.82) is 0 Å². The van der Waals surface area contributed by atoms with E-state index in [0.717, 1.165) is 25.5 Å². The van der Waals surface area contributed by atoms with Crippen LogP contribution in [0.25, 0.3) is 0 Å². The third-order valence-corrected chi connectivity index (χ3v) is 3.52. The van der Waals surface area contributed by atoms with Gasteiger partial charge in [0.15, 0.2) is 0 Å². The second-order valence-electron chi connectivity index (χ2n) is 4.86. The summed E-state index contributed by atoms with van der Waals surface area (Å²) in [5, 5.41) is 3.23. The fourth-order valence-electron chi connectivity index (χ4n) is 2.57. The standard InChI is InChI=1S/C14H24N4O/c1-3-19-13-8-10-16-14(17-13)18-11-5-4-6-12(18)7-9-15-2/h8,10,12,15H,3-7,9,11H2,1-2H3. The SMILES string of the molecule is CCOc1ccnc(N2CCCCC2CCNC)n1. The molecule has 0 bridgehead atoms. The molecule has 0 aliphatic carbocycles.